The summed E-state index contributed by atoms with van der Waals surface area (Å²) in [4.78, 5) is 18.4. The van der Waals surface area contributed by atoms with Gasteiger partial charge in [-0.2, -0.15) is 13.2 Å². The van der Waals surface area contributed by atoms with Gasteiger partial charge in [-0.1, -0.05) is 6.92 Å². The second-order valence-corrected chi connectivity index (χ2v) is 10.5. The van der Waals surface area contributed by atoms with Gasteiger partial charge in [0.15, 0.2) is 0 Å². The molecule has 0 bridgehead atoms. The maximum absolute atomic E-state index is 12.9. The molecule has 0 aliphatic carbocycles. The minimum Gasteiger partial charge on any atom is -0.374 e. The van der Waals surface area contributed by atoms with Gasteiger partial charge in [0.1, 0.15) is 30.0 Å². The lowest BCUT2D eigenvalue weighted by molar-refractivity contribution is -0.134. The van der Waals surface area contributed by atoms with Crippen LogP contribution in [-0.4, -0.2) is 74.7 Å². The van der Waals surface area contributed by atoms with Gasteiger partial charge in [0.05, 0.1) is 5.69 Å². The van der Waals surface area contributed by atoms with Crippen LogP contribution in [0.1, 0.15) is 74.4 Å². The highest BCUT2D eigenvalue weighted by Crippen LogP contribution is 2.39. The van der Waals surface area contributed by atoms with Crippen LogP contribution in [0.2, 0.25) is 0 Å². The summed E-state index contributed by atoms with van der Waals surface area (Å²) < 4.78 is 40.7. The first-order valence-electron chi connectivity index (χ1n) is 13.2. The van der Waals surface area contributed by atoms with E-state index < -0.39 is 18.8 Å². The first kappa shape index (κ1) is 25.3. The zero-order valence-electron chi connectivity index (χ0n) is 20.8. The number of aromatic nitrogens is 4. The fourth-order valence-electron chi connectivity index (χ4n) is 5.86. The number of nitrogens with zero attached hydrogens (tertiary/aromatic N) is 6. The molecule has 3 aliphatic rings. The second-order valence-electron chi connectivity index (χ2n) is 10.5. The van der Waals surface area contributed by atoms with Crippen molar-refractivity contribution in [2.24, 2.45) is 0 Å². The fourth-order valence-corrected chi connectivity index (χ4v) is 5.86. The number of hydrogen-bond donors (Lipinski definition) is 2. The average molecular weight is 508 g/mol. The maximum atomic E-state index is 12.9. The van der Waals surface area contributed by atoms with Crippen LogP contribution in [0.25, 0.3) is 0 Å². The Balaban J connectivity index is 1.29. The molecule has 2 aromatic rings. The Labute approximate surface area is 209 Å². The van der Waals surface area contributed by atoms with Crippen molar-refractivity contribution >= 4 is 11.6 Å². The molecule has 8 nitrogen and oxygen atoms in total. The molecule has 0 spiro atoms. The molecular formula is C25H36F3N7O. The molecule has 2 unspecified atom stereocenters. The van der Waals surface area contributed by atoms with E-state index in [1.54, 1.807) is 0 Å². The summed E-state index contributed by atoms with van der Waals surface area (Å²) in [5.41, 5.74) is 1.58. The van der Waals surface area contributed by atoms with Crippen LogP contribution in [0, 0.1) is 0 Å². The van der Waals surface area contributed by atoms with Crippen LogP contribution < -0.4 is 10.2 Å². The third-order valence-corrected chi connectivity index (χ3v) is 7.77. The van der Waals surface area contributed by atoms with E-state index in [0.717, 1.165) is 69.3 Å². The second kappa shape index (κ2) is 10.5. The van der Waals surface area contributed by atoms with Crippen LogP contribution >= 0.6 is 0 Å². The van der Waals surface area contributed by atoms with Gasteiger partial charge in [-0.15, -0.1) is 0 Å². The number of likely N-dealkylation sites (tertiary alicyclic amines) is 1. The molecule has 0 radical (unpaired) electrons. The molecule has 2 atom stereocenters. The Bertz CT molecular complexity index is 1030. The standard InChI is InChI=1S/C25H36F3N7O/c1-17-14-20(36)32-22-21(17)24(30-16-29-22)34-10-5-18(6-11-34)23-31-19(4-7-25(26,27)28)15-35(23)13-12-33-8-2-3-9-33/h15-18,20,36H,2-14H2,1H3,(H,29,30,32). The number of halogens is 3. The predicted molar refractivity (Wildman–Crippen MR) is 131 cm³/mol. The van der Waals surface area contributed by atoms with Gasteiger partial charge < -0.3 is 24.8 Å². The monoisotopic (exact) mass is 507 g/mol. The predicted octanol–water partition coefficient (Wildman–Crippen LogP) is 3.89. The average Bonchev–Trinajstić information content (AvgIpc) is 3.50. The number of aliphatic hydroxyl groups excluding tert-OH is 1. The zero-order valence-corrected chi connectivity index (χ0v) is 20.8. The van der Waals surface area contributed by atoms with E-state index in [1.807, 2.05) is 6.20 Å². The Morgan fingerprint density at radius 3 is 2.56 bits per heavy atom. The minimum atomic E-state index is -4.18. The van der Waals surface area contributed by atoms with Crippen LogP contribution in [0.5, 0.6) is 0 Å². The van der Waals surface area contributed by atoms with Crippen molar-refractivity contribution in [3.05, 3.63) is 29.6 Å². The summed E-state index contributed by atoms with van der Waals surface area (Å²) in [6, 6.07) is 0. The van der Waals surface area contributed by atoms with E-state index in [4.69, 9.17) is 4.98 Å². The lowest BCUT2D eigenvalue weighted by atomic mass is 9.92. The van der Waals surface area contributed by atoms with E-state index in [1.165, 1.54) is 19.2 Å². The molecule has 0 saturated carbocycles. The highest BCUT2D eigenvalue weighted by Gasteiger charge is 2.32. The summed E-state index contributed by atoms with van der Waals surface area (Å²) in [5, 5.41) is 13.1. The molecule has 5 heterocycles. The van der Waals surface area contributed by atoms with Crippen LogP contribution in [-0.2, 0) is 13.0 Å². The van der Waals surface area contributed by atoms with E-state index in [-0.39, 0.29) is 18.3 Å². The third-order valence-electron chi connectivity index (χ3n) is 7.77. The topological polar surface area (TPSA) is 82.3 Å². The zero-order chi connectivity index (χ0) is 25.3. The molecule has 36 heavy (non-hydrogen) atoms. The van der Waals surface area contributed by atoms with E-state index in [9.17, 15) is 18.3 Å². The van der Waals surface area contributed by atoms with Crippen molar-refractivity contribution in [2.75, 3.05) is 42.9 Å². The molecule has 3 aliphatic heterocycles. The molecule has 2 fully saturated rings. The number of anilines is 2. The highest BCUT2D eigenvalue weighted by atomic mass is 19.4. The largest absolute Gasteiger partial charge is 0.389 e. The molecule has 11 heteroatoms. The summed E-state index contributed by atoms with van der Waals surface area (Å²) in [7, 11) is 0. The van der Waals surface area contributed by atoms with Gasteiger partial charge in [-0.3, -0.25) is 0 Å². The lowest BCUT2D eigenvalue weighted by Crippen LogP contribution is -2.37. The van der Waals surface area contributed by atoms with Gasteiger partial charge in [-0.25, -0.2) is 15.0 Å². The Kier molecular flexibility index (Phi) is 7.39. The summed E-state index contributed by atoms with van der Waals surface area (Å²) in [6.45, 7) is 7.53. The summed E-state index contributed by atoms with van der Waals surface area (Å²) in [6.07, 6.45) is 2.46. The Hall–Kier alpha value is -2.40. The number of aliphatic hydroxyl groups is 1. The number of imidazole rings is 1. The molecule has 198 valence electrons. The van der Waals surface area contributed by atoms with Crippen molar-refractivity contribution in [1.82, 2.24) is 24.4 Å². The molecule has 2 saturated heterocycles. The fraction of sp³-hybridized carbons (Fsp3) is 0.720. The Morgan fingerprint density at radius 1 is 1.08 bits per heavy atom. The Morgan fingerprint density at radius 2 is 1.83 bits per heavy atom. The van der Waals surface area contributed by atoms with Gasteiger partial charge in [0, 0.05) is 50.3 Å². The van der Waals surface area contributed by atoms with Crippen molar-refractivity contribution in [3.63, 3.8) is 0 Å². The SMILES string of the molecule is CC1CC(O)Nc2ncnc(N3CCC(c4nc(CCC(F)(F)F)cn4CCN4CCCC4)CC3)c21. The minimum absolute atomic E-state index is 0.0735. The van der Waals surface area contributed by atoms with Crippen molar-refractivity contribution in [2.45, 2.75) is 82.7 Å². The maximum Gasteiger partial charge on any atom is 0.389 e. The number of rotatable bonds is 7. The summed E-state index contributed by atoms with van der Waals surface area (Å²) in [5.74, 6) is 2.88. The van der Waals surface area contributed by atoms with Crippen molar-refractivity contribution in [3.8, 4) is 0 Å². The third kappa shape index (κ3) is 5.77. The van der Waals surface area contributed by atoms with E-state index in [2.05, 4.69) is 36.6 Å². The lowest BCUT2D eigenvalue weighted by Gasteiger charge is -2.36. The molecule has 0 amide bonds. The number of aryl methyl sites for hydroxylation is 1. The number of nitrogens with one attached hydrogen (secondary N) is 1. The quantitative estimate of drug-likeness (QED) is 0.589. The molecule has 2 N–H and O–H groups in total. The number of hydrogen-bond acceptors (Lipinski definition) is 7. The molecular weight excluding hydrogens is 471 g/mol. The van der Waals surface area contributed by atoms with Gasteiger partial charge in [-0.05, 0) is 57.5 Å². The number of alkyl halides is 3. The molecule has 0 aromatic carbocycles. The van der Waals surface area contributed by atoms with Crippen LogP contribution in [0.3, 0.4) is 0 Å². The number of fused-ring (bicyclic) bond motifs is 1. The van der Waals surface area contributed by atoms with Gasteiger partial charge in [0.2, 0.25) is 0 Å². The first-order chi connectivity index (χ1) is 17.3. The van der Waals surface area contributed by atoms with Crippen molar-refractivity contribution in [1.29, 1.82) is 0 Å². The van der Waals surface area contributed by atoms with E-state index in [0.29, 0.717) is 17.9 Å². The van der Waals surface area contributed by atoms with Crippen molar-refractivity contribution < 1.29 is 18.3 Å². The smallest absolute Gasteiger partial charge is 0.374 e. The van der Waals surface area contributed by atoms with Crippen LogP contribution in [0.15, 0.2) is 12.5 Å². The first-order valence-corrected chi connectivity index (χ1v) is 13.2. The van der Waals surface area contributed by atoms with Gasteiger partial charge in [0.25, 0.3) is 0 Å². The van der Waals surface area contributed by atoms with Crippen LogP contribution in [0.4, 0.5) is 24.8 Å². The normalized spacial score (nSPS) is 23.6. The highest BCUT2D eigenvalue weighted by molar-refractivity contribution is 5.62. The van der Waals surface area contributed by atoms with E-state index >= 15 is 0 Å². The summed E-state index contributed by atoms with van der Waals surface area (Å²) >= 11 is 0. The molecule has 2 aromatic heterocycles. The molecule has 5 rings (SSSR count). The number of piperidine rings is 1. The van der Waals surface area contributed by atoms with Gasteiger partial charge >= 0.3 is 6.18 Å².